The van der Waals surface area contributed by atoms with Gasteiger partial charge in [0.25, 0.3) is 5.91 Å². The van der Waals surface area contributed by atoms with Gasteiger partial charge in [0.05, 0.1) is 12.7 Å². The van der Waals surface area contributed by atoms with Crippen LogP contribution in [0.25, 0.3) is 0 Å². The van der Waals surface area contributed by atoms with Crippen LogP contribution in [0, 0.1) is 0 Å². The number of rotatable bonds is 7. The van der Waals surface area contributed by atoms with Gasteiger partial charge in [-0.3, -0.25) is 14.9 Å². The van der Waals surface area contributed by atoms with E-state index in [0.29, 0.717) is 29.4 Å². The molecule has 1 unspecified atom stereocenters. The predicted molar refractivity (Wildman–Crippen MR) is 128 cm³/mol. The number of ether oxygens (including phenoxy) is 1. The number of benzene rings is 2. The summed E-state index contributed by atoms with van der Waals surface area (Å²) in [5.41, 5.74) is 2.56. The van der Waals surface area contributed by atoms with Crippen molar-refractivity contribution in [1.29, 1.82) is 0 Å². The second kappa shape index (κ2) is 9.70. The fourth-order valence-electron chi connectivity index (χ4n) is 3.63. The quantitative estimate of drug-likeness (QED) is 0.510. The van der Waals surface area contributed by atoms with Gasteiger partial charge >= 0.3 is 0 Å². The van der Waals surface area contributed by atoms with Crippen molar-refractivity contribution in [3.63, 3.8) is 0 Å². The van der Waals surface area contributed by atoms with E-state index in [9.17, 15) is 9.59 Å². The number of aromatic nitrogens is 2. The molecule has 3 aromatic rings. The van der Waals surface area contributed by atoms with E-state index in [1.807, 2.05) is 30.5 Å². The van der Waals surface area contributed by atoms with Gasteiger partial charge in [0.2, 0.25) is 11.0 Å². The molecule has 4 rings (SSSR count). The monoisotopic (exact) mass is 468 g/mol. The summed E-state index contributed by atoms with van der Waals surface area (Å²) in [6.45, 7) is 2.66. The van der Waals surface area contributed by atoms with E-state index in [2.05, 4.69) is 34.6 Å². The van der Waals surface area contributed by atoms with Crippen molar-refractivity contribution in [2.75, 3.05) is 30.1 Å². The molecule has 7 nitrogen and oxygen atoms in total. The first-order valence-electron chi connectivity index (χ1n) is 10.3. The molecule has 1 aliphatic heterocycles. The number of hydrogen-bond donors (Lipinski definition) is 1. The third kappa shape index (κ3) is 4.63. The van der Waals surface area contributed by atoms with Crippen LogP contribution in [-0.2, 0) is 11.2 Å². The second-order valence-electron chi connectivity index (χ2n) is 7.39. The summed E-state index contributed by atoms with van der Waals surface area (Å²) >= 11 is 2.88. The van der Waals surface area contributed by atoms with Gasteiger partial charge in [-0.25, -0.2) is 0 Å². The van der Waals surface area contributed by atoms with Gasteiger partial charge in [0, 0.05) is 29.5 Å². The molecule has 0 radical (unpaired) electrons. The van der Waals surface area contributed by atoms with E-state index in [0.717, 1.165) is 22.0 Å². The normalized spacial score (nSPS) is 15.8. The molecule has 0 aliphatic carbocycles. The van der Waals surface area contributed by atoms with E-state index in [-0.39, 0.29) is 17.7 Å². The number of carbonyl (C=O) groups is 2. The van der Waals surface area contributed by atoms with Gasteiger partial charge in [-0.1, -0.05) is 30.4 Å². The van der Waals surface area contributed by atoms with E-state index in [1.54, 1.807) is 22.7 Å². The summed E-state index contributed by atoms with van der Waals surface area (Å²) < 4.78 is 5.36. The lowest BCUT2D eigenvalue weighted by Gasteiger charge is -2.16. The zero-order valence-electron chi connectivity index (χ0n) is 18.1. The fourth-order valence-corrected chi connectivity index (χ4v) is 4.89. The molecule has 1 atom stereocenters. The number of amides is 2. The minimum Gasteiger partial charge on any atom is -0.496 e. The van der Waals surface area contributed by atoms with Crippen molar-refractivity contribution in [3.8, 4) is 5.75 Å². The Morgan fingerprint density at radius 1 is 1.25 bits per heavy atom. The molecule has 1 N–H and O–H groups in total. The third-order valence-electron chi connectivity index (χ3n) is 5.44. The van der Waals surface area contributed by atoms with E-state index < -0.39 is 0 Å². The molecular weight excluding hydrogens is 444 g/mol. The Hall–Kier alpha value is -2.91. The highest BCUT2D eigenvalue weighted by Crippen LogP contribution is 2.35. The average molecular weight is 469 g/mol. The Morgan fingerprint density at radius 3 is 2.72 bits per heavy atom. The number of hydrogen-bond acceptors (Lipinski definition) is 7. The van der Waals surface area contributed by atoms with E-state index in [4.69, 9.17) is 4.74 Å². The maximum absolute atomic E-state index is 12.7. The third-order valence-corrected chi connectivity index (χ3v) is 7.17. The summed E-state index contributed by atoms with van der Waals surface area (Å²) in [6.07, 6.45) is 3.30. The Labute approximate surface area is 195 Å². The summed E-state index contributed by atoms with van der Waals surface area (Å²) in [5.74, 6) is 0.216. The molecule has 32 heavy (non-hydrogen) atoms. The highest BCUT2D eigenvalue weighted by molar-refractivity contribution is 7.98. The molecule has 166 valence electrons. The number of aryl methyl sites for hydroxylation is 1. The van der Waals surface area contributed by atoms with Crippen molar-refractivity contribution in [3.05, 3.63) is 58.6 Å². The maximum Gasteiger partial charge on any atom is 0.261 e. The van der Waals surface area contributed by atoms with Crippen molar-refractivity contribution >= 4 is 45.7 Å². The van der Waals surface area contributed by atoms with Crippen LogP contribution in [0.15, 0.2) is 47.4 Å². The van der Waals surface area contributed by atoms with Crippen LogP contribution in [0.3, 0.4) is 0 Å². The summed E-state index contributed by atoms with van der Waals surface area (Å²) in [6, 6.07) is 13.5. The van der Waals surface area contributed by atoms with Gasteiger partial charge in [-0.15, -0.1) is 22.0 Å². The molecule has 0 spiro atoms. The molecule has 1 aliphatic rings. The van der Waals surface area contributed by atoms with Crippen LogP contribution < -0.4 is 15.0 Å². The molecule has 0 saturated carbocycles. The Morgan fingerprint density at radius 2 is 2.03 bits per heavy atom. The zero-order chi connectivity index (χ0) is 22.7. The fraction of sp³-hybridized carbons (Fsp3) is 0.304. The number of nitrogens with one attached hydrogen (secondary N) is 1. The molecule has 0 bridgehead atoms. The minimum atomic E-state index is -0.308. The number of thioether (sulfide) groups is 1. The van der Waals surface area contributed by atoms with Crippen LogP contribution >= 0.6 is 23.1 Å². The highest BCUT2D eigenvalue weighted by Gasteiger charge is 2.34. The van der Waals surface area contributed by atoms with E-state index >= 15 is 0 Å². The topological polar surface area (TPSA) is 84.4 Å². The molecule has 2 aromatic carbocycles. The number of anilines is 2. The van der Waals surface area contributed by atoms with E-state index in [1.165, 1.54) is 24.0 Å². The SMILES string of the molecule is CCc1ccc(N2CC(c3nnc(NC(=O)c4ccc(SC)cc4OC)s3)CC2=O)cc1. The largest absolute Gasteiger partial charge is 0.496 e. The second-order valence-corrected chi connectivity index (χ2v) is 9.28. The van der Waals surface area contributed by atoms with Gasteiger partial charge < -0.3 is 9.64 Å². The molecular formula is C23H24N4O3S2. The van der Waals surface area contributed by atoms with Gasteiger partial charge in [0.15, 0.2) is 0 Å². The molecule has 1 aromatic heterocycles. The van der Waals surface area contributed by atoms with Crippen molar-refractivity contribution in [2.45, 2.75) is 30.6 Å². The minimum absolute atomic E-state index is 0.0492. The van der Waals surface area contributed by atoms with Crippen LogP contribution in [0.5, 0.6) is 5.75 Å². The highest BCUT2D eigenvalue weighted by atomic mass is 32.2. The molecule has 1 saturated heterocycles. The van der Waals surface area contributed by atoms with Gasteiger partial charge in [0.1, 0.15) is 10.8 Å². The average Bonchev–Trinajstić information content (AvgIpc) is 3.45. The summed E-state index contributed by atoms with van der Waals surface area (Å²) in [7, 11) is 1.54. The molecule has 2 amide bonds. The van der Waals surface area contributed by atoms with Crippen molar-refractivity contribution < 1.29 is 14.3 Å². The lowest BCUT2D eigenvalue weighted by atomic mass is 10.1. The lowest BCUT2D eigenvalue weighted by Crippen LogP contribution is -2.24. The van der Waals surface area contributed by atoms with Crippen LogP contribution in [0.4, 0.5) is 10.8 Å². The predicted octanol–water partition coefficient (Wildman–Crippen LogP) is 4.60. The first kappa shape index (κ1) is 22.3. The standard InChI is InChI=1S/C23H24N4O3S2/c1-4-14-5-7-16(8-6-14)27-13-15(11-20(27)28)22-25-26-23(32-22)24-21(29)18-10-9-17(31-3)12-19(18)30-2/h5-10,12,15H,4,11,13H2,1-3H3,(H,24,26,29). The van der Waals surface area contributed by atoms with Crippen molar-refractivity contribution in [1.82, 2.24) is 10.2 Å². The zero-order valence-corrected chi connectivity index (χ0v) is 19.8. The van der Waals surface area contributed by atoms with Crippen molar-refractivity contribution in [2.24, 2.45) is 0 Å². The Kier molecular flexibility index (Phi) is 6.76. The number of methoxy groups -OCH3 is 1. The van der Waals surface area contributed by atoms with Gasteiger partial charge in [-0.2, -0.15) is 0 Å². The molecule has 2 heterocycles. The first-order valence-corrected chi connectivity index (χ1v) is 12.3. The number of nitrogens with zero attached hydrogens (tertiary/aromatic N) is 3. The summed E-state index contributed by atoms with van der Waals surface area (Å²) in [4.78, 5) is 28.2. The number of carbonyl (C=O) groups excluding carboxylic acids is 2. The lowest BCUT2D eigenvalue weighted by molar-refractivity contribution is -0.117. The smallest absolute Gasteiger partial charge is 0.261 e. The maximum atomic E-state index is 12.7. The van der Waals surface area contributed by atoms with Crippen LogP contribution in [-0.4, -0.2) is 41.9 Å². The Bertz CT molecular complexity index is 1130. The molecule has 9 heteroatoms. The van der Waals surface area contributed by atoms with Crippen LogP contribution in [0.1, 0.15) is 40.2 Å². The first-order chi connectivity index (χ1) is 15.5. The van der Waals surface area contributed by atoms with Gasteiger partial charge in [-0.05, 0) is 48.6 Å². The van der Waals surface area contributed by atoms with Crippen LogP contribution in [0.2, 0.25) is 0 Å². The molecule has 1 fully saturated rings. The Balaban J connectivity index is 1.45. The summed E-state index contributed by atoms with van der Waals surface area (Å²) in [5, 5.41) is 12.3.